The largest absolute Gasteiger partial charge is 0.370 e. The first kappa shape index (κ1) is 13.7. The molecular formula is C14H20N4OS. The number of hydrazine groups is 1. The maximum atomic E-state index is 6.02. The summed E-state index contributed by atoms with van der Waals surface area (Å²) in [5.74, 6) is 7.53. The van der Waals surface area contributed by atoms with Gasteiger partial charge in [-0.2, -0.15) is 0 Å². The molecule has 0 saturated heterocycles. The van der Waals surface area contributed by atoms with Gasteiger partial charge in [-0.25, -0.2) is 15.8 Å². The van der Waals surface area contributed by atoms with Gasteiger partial charge in [0.25, 0.3) is 0 Å². The van der Waals surface area contributed by atoms with E-state index in [1.807, 2.05) is 11.4 Å². The van der Waals surface area contributed by atoms with Gasteiger partial charge < -0.3 is 10.2 Å². The van der Waals surface area contributed by atoms with Crippen molar-refractivity contribution in [2.24, 2.45) is 11.8 Å². The summed E-state index contributed by atoms with van der Waals surface area (Å²) in [6.45, 7) is 2.72. The number of nitrogen functional groups attached to an aromatic ring is 1. The highest BCUT2D eigenvalue weighted by Crippen LogP contribution is 2.28. The van der Waals surface area contributed by atoms with Crippen molar-refractivity contribution >= 4 is 27.4 Å². The average Bonchev–Trinajstić information content (AvgIpc) is 2.94. The van der Waals surface area contributed by atoms with Crippen molar-refractivity contribution in [3.05, 3.63) is 17.3 Å². The Morgan fingerprint density at radius 1 is 1.40 bits per heavy atom. The van der Waals surface area contributed by atoms with Crippen molar-refractivity contribution < 1.29 is 4.74 Å². The van der Waals surface area contributed by atoms with Gasteiger partial charge in [0.2, 0.25) is 0 Å². The normalized spacial score (nSPS) is 23.1. The zero-order chi connectivity index (χ0) is 13.9. The van der Waals surface area contributed by atoms with Gasteiger partial charge in [0.15, 0.2) is 11.6 Å². The number of hydrogen-bond acceptors (Lipinski definition) is 6. The third kappa shape index (κ3) is 2.77. The van der Waals surface area contributed by atoms with Crippen molar-refractivity contribution in [3.63, 3.8) is 0 Å². The molecule has 0 radical (unpaired) electrons. The predicted octanol–water partition coefficient (Wildman–Crippen LogP) is 3.07. The van der Waals surface area contributed by atoms with Crippen LogP contribution in [0, 0.1) is 5.92 Å². The average molecular weight is 292 g/mol. The molecule has 1 aliphatic carbocycles. The van der Waals surface area contributed by atoms with Crippen molar-refractivity contribution in [1.82, 2.24) is 9.97 Å². The van der Waals surface area contributed by atoms with Crippen LogP contribution in [0.25, 0.3) is 10.2 Å². The Kier molecular flexibility index (Phi) is 4.14. The fourth-order valence-corrected chi connectivity index (χ4v) is 3.57. The third-order valence-corrected chi connectivity index (χ3v) is 4.77. The lowest BCUT2D eigenvalue weighted by atomic mass is 9.88. The molecule has 0 aliphatic heterocycles. The predicted molar refractivity (Wildman–Crippen MR) is 81.4 cm³/mol. The molecule has 0 amide bonds. The van der Waals surface area contributed by atoms with Gasteiger partial charge in [-0.05, 0) is 30.2 Å². The van der Waals surface area contributed by atoms with Crippen LogP contribution in [0.4, 0.5) is 5.82 Å². The van der Waals surface area contributed by atoms with E-state index in [0.29, 0.717) is 30.3 Å². The first-order chi connectivity index (χ1) is 9.78. The monoisotopic (exact) mass is 292 g/mol. The molecule has 2 aromatic heterocycles. The Balaban J connectivity index is 1.73. The SMILES string of the molecule is CC1CCCCC1OCc1nc(NN)c2ccsc2n1. The molecule has 0 bridgehead atoms. The lowest BCUT2D eigenvalue weighted by Crippen LogP contribution is -2.25. The Hall–Kier alpha value is -1.24. The molecule has 2 aromatic rings. The van der Waals surface area contributed by atoms with E-state index in [9.17, 15) is 0 Å². The molecule has 2 atom stereocenters. The topological polar surface area (TPSA) is 73.1 Å². The van der Waals surface area contributed by atoms with E-state index in [1.165, 1.54) is 19.3 Å². The lowest BCUT2D eigenvalue weighted by molar-refractivity contribution is -0.0180. The maximum Gasteiger partial charge on any atom is 0.158 e. The van der Waals surface area contributed by atoms with Gasteiger partial charge in [-0.3, -0.25) is 0 Å². The van der Waals surface area contributed by atoms with Crippen LogP contribution in [-0.4, -0.2) is 16.1 Å². The van der Waals surface area contributed by atoms with Crippen molar-refractivity contribution in [1.29, 1.82) is 0 Å². The molecule has 3 rings (SSSR count). The summed E-state index contributed by atoms with van der Waals surface area (Å²) in [5.41, 5.74) is 2.64. The summed E-state index contributed by atoms with van der Waals surface area (Å²) < 4.78 is 6.02. The van der Waals surface area contributed by atoms with Crippen molar-refractivity contribution in [3.8, 4) is 0 Å². The molecule has 1 saturated carbocycles. The molecule has 20 heavy (non-hydrogen) atoms. The Labute approximate surface area is 122 Å². The summed E-state index contributed by atoms with van der Waals surface area (Å²) in [5, 5.41) is 2.96. The van der Waals surface area contributed by atoms with E-state index in [1.54, 1.807) is 11.3 Å². The van der Waals surface area contributed by atoms with Crippen LogP contribution in [0.2, 0.25) is 0 Å². The molecule has 1 aliphatic rings. The van der Waals surface area contributed by atoms with Crippen LogP contribution >= 0.6 is 11.3 Å². The highest BCUT2D eigenvalue weighted by molar-refractivity contribution is 7.16. The second-order valence-electron chi connectivity index (χ2n) is 5.38. The molecule has 5 nitrogen and oxygen atoms in total. The number of nitrogens with one attached hydrogen (secondary N) is 1. The highest BCUT2D eigenvalue weighted by atomic mass is 32.1. The molecular weight excluding hydrogens is 272 g/mol. The van der Waals surface area contributed by atoms with Crippen LogP contribution in [0.3, 0.4) is 0 Å². The van der Waals surface area contributed by atoms with Crippen LogP contribution in [0.5, 0.6) is 0 Å². The number of hydrogen-bond donors (Lipinski definition) is 2. The number of thiophene rings is 1. The van der Waals surface area contributed by atoms with Crippen LogP contribution in [0.1, 0.15) is 38.4 Å². The van der Waals surface area contributed by atoms with Gasteiger partial charge in [0.1, 0.15) is 11.4 Å². The van der Waals surface area contributed by atoms with Crippen molar-refractivity contribution in [2.75, 3.05) is 5.43 Å². The minimum Gasteiger partial charge on any atom is -0.370 e. The van der Waals surface area contributed by atoms with E-state index in [0.717, 1.165) is 16.6 Å². The molecule has 0 spiro atoms. The Morgan fingerprint density at radius 3 is 3.05 bits per heavy atom. The standard InChI is InChI=1S/C14H20N4OS/c1-9-4-2-3-5-11(9)19-8-12-16-13(18-15)10-6-7-20-14(10)17-12/h6-7,9,11H,2-5,8,15H2,1H3,(H,16,17,18). The van der Waals surface area contributed by atoms with E-state index in [2.05, 4.69) is 22.3 Å². The van der Waals surface area contributed by atoms with Crippen LogP contribution in [0.15, 0.2) is 11.4 Å². The van der Waals surface area contributed by atoms with E-state index in [4.69, 9.17) is 10.6 Å². The minimum atomic E-state index is 0.334. The highest BCUT2D eigenvalue weighted by Gasteiger charge is 2.22. The van der Waals surface area contributed by atoms with E-state index < -0.39 is 0 Å². The Bertz CT molecular complexity index is 586. The first-order valence-electron chi connectivity index (χ1n) is 7.10. The summed E-state index contributed by atoms with van der Waals surface area (Å²) in [6.07, 6.45) is 5.31. The molecule has 0 aromatic carbocycles. The van der Waals surface area contributed by atoms with E-state index in [-0.39, 0.29) is 0 Å². The number of fused-ring (bicyclic) bond motifs is 1. The number of anilines is 1. The molecule has 3 N–H and O–H groups in total. The maximum absolute atomic E-state index is 6.02. The second kappa shape index (κ2) is 6.03. The van der Waals surface area contributed by atoms with Gasteiger partial charge in [-0.15, -0.1) is 11.3 Å². The second-order valence-corrected chi connectivity index (χ2v) is 6.28. The third-order valence-electron chi connectivity index (χ3n) is 3.97. The Morgan fingerprint density at radius 2 is 2.25 bits per heavy atom. The van der Waals surface area contributed by atoms with Gasteiger partial charge in [-0.1, -0.05) is 19.8 Å². The molecule has 6 heteroatoms. The molecule has 108 valence electrons. The summed E-state index contributed by atoms with van der Waals surface area (Å²) in [7, 11) is 0. The van der Waals surface area contributed by atoms with Gasteiger partial charge in [0.05, 0.1) is 11.5 Å². The quantitative estimate of drug-likeness (QED) is 0.669. The number of ether oxygens (including phenoxy) is 1. The number of rotatable bonds is 4. The van der Waals surface area contributed by atoms with Crippen molar-refractivity contribution in [2.45, 2.75) is 45.3 Å². The summed E-state index contributed by atoms with van der Waals surface area (Å²) >= 11 is 1.59. The van der Waals surface area contributed by atoms with E-state index >= 15 is 0 Å². The fraction of sp³-hybridized carbons (Fsp3) is 0.571. The molecule has 2 heterocycles. The zero-order valence-corrected chi connectivity index (χ0v) is 12.4. The molecule has 1 fully saturated rings. The molecule has 2 unspecified atom stereocenters. The van der Waals surface area contributed by atoms with Crippen LogP contribution in [-0.2, 0) is 11.3 Å². The van der Waals surface area contributed by atoms with Gasteiger partial charge >= 0.3 is 0 Å². The number of nitrogens with two attached hydrogens (primary N) is 1. The zero-order valence-electron chi connectivity index (χ0n) is 11.6. The summed E-state index contributed by atoms with van der Waals surface area (Å²) in [6, 6.07) is 1.98. The first-order valence-corrected chi connectivity index (χ1v) is 7.98. The minimum absolute atomic E-state index is 0.334. The fourth-order valence-electron chi connectivity index (χ4n) is 2.79. The van der Waals surface area contributed by atoms with Gasteiger partial charge in [0, 0.05) is 0 Å². The number of aromatic nitrogens is 2. The number of nitrogens with zero attached hydrogens (tertiary/aromatic N) is 2. The smallest absolute Gasteiger partial charge is 0.158 e. The van der Waals surface area contributed by atoms with Crippen LogP contribution < -0.4 is 11.3 Å². The lowest BCUT2D eigenvalue weighted by Gasteiger charge is -2.28. The summed E-state index contributed by atoms with van der Waals surface area (Å²) in [4.78, 5) is 9.92.